The van der Waals surface area contributed by atoms with Crippen LogP contribution in [0.5, 0.6) is 0 Å². The molecule has 0 atom stereocenters. The lowest BCUT2D eigenvalue weighted by atomic mass is 10.2. The van der Waals surface area contributed by atoms with Crippen molar-refractivity contribution < 1.29 is 8.42 Å². The van der Waals surface area contributed by atoms with Gasteiger partial charge in [0.2, 0.25) is 5.95 Å². The third-order valence-corrected chi connectivity index (χ3v) is 6.55. The fourth-order valence-electron chi connectivity index (χ4n) is 3.75. The van der Waals surface area contributed by atoms with E-state index in [1.807, 2.05) is 0 Å². The Kier molecular flexibility index (Phi) is 5.44. The zero-order valence-electron chi connectivity index (χ0n) is 17.1. The molecule has 0 saturated heterocycles. The monoisotopic (exact) mass is 442 g/mol. The third-order valence-electron chi connectivity index (χ3n) is 5.42. The lowest BCUT2D eigenvalue weighted by molar-refractivity contribution is 0.507. The Morgan fingerprint density at radius 3 is 2.45 bits per heavy atom. The predicted molar refractivity (Wildman–Crippen MR) is 117 cm³/mol. The van der Waals surface area contributed by atoms with Crippen LogP contribution in [0.1, 0.15) is 37.3 Å². The van der Waals surface area contributed by atoms with Gasteiger partial charge < -0.3 is 4.57 Å². The molecular weight excluding hydrogens is 420 g/mol. The molecule has 0 bridgehead atoms. The topological polar surface area (TPSA) is 128 Å². The number of aryl methyl sites for hydroxylation is 1. The summed E-state index contributed by atoms with van der Waals surface area (Å²) in [6, 6.07) is 6.23. The van der Waals surface area contributed by atoms with Crippen molar-refractivity contribution in [2.24, 2.45) is 12.1 Å². The van der Waals surface area contributed by atoms with Gasteiger partial charge in [-0.25, -0.2) is 18.8 Å². The van der Waals surface area contributed by atoms with Gasteiger partial charge in [-0.2, -0.15) is 10.1 Å². The summed E-state index contributed by atoms with van der Waals surface area (Å²) in [5.74, 6) is 0.182. The number of benzene rings is 1. The molecule has 3 aromatic rings. The maximum atomic E-state index is 12.7. The molecule has 1 fully saturated rings. The third kappa shape index (κ3) is 4.13. The summed E-state index contributed by atoms with van der Waals surface area (Å²) in [5.41, 5.74) is 3.10. The van der Waals surface area contributed by atoms with Crippen molar-refractivity contribution in [3.63, 3.8) is 0 Å². The smallest absolute Gasteiger partial charge is 0.303 e. The number of hydrogen-bond acceptors (Lipinski definition) is 8. The van der Waals surface area contributed by atoms with Crippen molar-refractivity contribution >= 4 is 33.2 Å². The normalized spacial score (nSPS) is 15.2. The standard InChI is InChI=1S/C20H22N6O4S/c1-25-16-12-21-20(24-22-11-13-7-9-15(10-8-13)31(2,29)30)23-17(16)26(19(28)18(25)27)14-5-3-4-6-14/h7-12,14H,3-6H2,1-2H3,(H,21,23,24). The van der Waals surface area contributed by atoms with Gasteiger partial charge in [-0.15, -0.1) is 0 Å². The summed E-state index contributed by atoms with van der Waals surface area (Å²) in [4.78, 5) is 33.9. The van der Waals surface area contributed by atoms with Crippen LogP contribution in [0, 0.1) is 0 Å². The Hall–Kier alpha value is -3.34. The molecule has 162 valence electrons. The molecule has 1 saturated carbocycles. The fourth-order valence-corrected chi connectivity index (χ4v) is 4.38. The van der Waals surface area contributed by atoms with E-state index >= 15 is 0 Å². The van der Waals surface area contributed by atoms with Crippen molar-refractivity contribution in [2.45, 2.75) is 36.6 Å². The molecule has 0 spiro atoms. The Bertz CT molecular complexity index is 1380. The van der Waals surface area contributed by atoms with E-state index in [1.165, 1.54) is 40.7 Å². The molecule has 11 heteroatoms. The second-order valence-corrected chi connectivity index (χ2v) is 9.61. The Morgan fingerprint density at radius 1 is 1.13 bits per heavy atom. The van der Waals surface area contributed by atoms with E-state index in [0.717, 1.165) is 31.9 Å². The van der Waals surface area contributed by atoms with Gasteiger partial charge in [-0.05, 0) is 30.5 Å². The molecule has 31 heavy (non-hydrogen) atoms. The summed E-state index contributed by atoms with van der Waals surface area (Å²) >= 11 is 0. The molecule has 10 nitrogen and oxygen atoms in total. The minimum Gasteiger partial charge on any atom is -0.303 e. The highest BCUT2D eigenvalue weighted by molar-refractivity contribution is 7.90. The summed E-state index contributed by atoms with van der Waals surface area (Å²) in [6.45, 7) is 0. The second kappa shape index (κ2) is 8.06. The van der Waals surface area contributed by atoms with Gasteiger partial charge in [0.15, 0.2) is 15.5 Å². The van der Waals surface area contributed by atoms with E-state index in [1.54, 1.807) is 12.1 Å². The first-order valence-electron chi connectivity index (χ1n) is 9.83. The number of fused-ring (bicyclic) bond motifs is 1. The first-order chi connectivity index (χ1) is 14.8. The molecule has 0 amide bonds. The van der Waals surface area contributed by atoms with E-state index in [9.17, 15) is 18.0 Å². The summed E-state index contributed by atoms with van der Waals surface area (Å²) < 4.78 is 25.8. The van der Waals surface area contributed by atoms with Gasteiger partial charge in [0, 0.05) is 19.3 Å². The maximum absolute atomic E-state index is 12.7. The zero-order chi connectivity index (χ0) is 22.2. The van der Waals surface area contributed by atoms with Crippen LogP contribution in [0.2, 0.25) is 0 Å². The quantitative estimate of drug-likeness (QED) is 0.360. The van der Waals surface area contributed by atoms with Gasteiger partial charge >= 0.3 is 11.1 Å². The van der Waals surface area contributed by atoms with Gasteiger partial charge in [-0.3, -0.25) is 14.2 Å². The number of hydrazone groups is 1. The SMILES string of the molecule is Cn1c(=O)c(=O)n(C2CCCC2)c2nc(NN=Cc3ccc(S(C)(=O)=O)cc3)ncc21. The Labute approximate surface area is 178 Å². The van der Waals surface area contributed by atoms with Crippen molar-refractivity contribution in [3.8, 4) is 0 Å². The summed E-state index contributed by atoms with van der Waals surface area (Å²) in [5, 5.41) is 4.09. The van der Waals surface area contributed by atoms with Gasteiger partial charge in [-0.1, -0.05) is 25.0 Å². The largest absolute Gasteiger partial charge is 0.318 e. The van der Waals surface area contributed by atoms with Crippen molar-refractivity contribution in [1.82, 2.24) is 19.1 Å². The van der Waals surface area contributed by atoms with E-state index < -0.39 is 21.0 Å². The predicted octanol–water partition coefficient (Wildman–Crippen LogP) is 1.45. The molecule has 2 aromatic heterocycles. The Morgan fingerprint density at radius 2 is 1.81 bits per heavy atom. The van der Waals surface area contributed by atoms with E-state index in [2.05, 4.69) is 20.5 Å². The lowest BCUT2D eigenvalue weighted by Crippen LogP contribution is -2.42. The number of sulfone groups is 1. The Balaban J connectivity index is 1.65. The number of nitrogens with zero attached hydrogens (tertiary/aromatic N) is 5. The fraction of sp³-hybridized carbons (Fsp3) is 0.350. The zero-order valence-corrected chi connectivity index (χ0v) is 18.0. The number of rotatable bonds is 5. The van der Waals surface area contributed by atoms with Crippen LogP contribution in [0.4, 0.5) is 5.95 Å². The maximum Gasteiger partial charge on any atom is 0.318 e. The highest BCUT2D eigenvalue weighted by Crippen LogP contribution is 2.29. The van der Waals surface area contributed by atoms with Crippen LogP contribution < -0.4 is 16.5 Å². The second-order valence-electron chi connectivity index (χ2n) is 7.59. The highest BCUT2D eigenvalue weighted by atomic mass is 32.2. The van der Waals surface area contributed by atoms with Crippen molar-refractivity contribution in [3.05, 3.63) is 56.7 Å². The number of anilines is 1. The molecule has 4 rings (SSSR count). The number of nitrogens with one attached hydrogen (secondary N) is 1. The first-order valence-corrected chi connectivity index (χ1v) is 11.7. The van der Waals surface area contributed by atoms with E-state index in [-0.39, 0.29) is 16.9 Å². The van der Waals surface area contributed by atoms with Gasteiger partial charge in [0.05, 0.1) is 17.3 Å². The van der Waals surface area contributed by atoms with Crippen LogP contribution in [0.25, 0.3) is 11.2 Å². The van der Waals surface area contributed by atoms with E-state index in [0.29, 0.717) is 16.7 Å². The van der Waals surface area contributed by atoms with Crippen LogP contribution in [-0.2, 0) is 16.9 Å². The minimum atomic E-state index is -3.26. The average molecular weight is 443 g/mol. The van der Waals surface area contributed by atoms with Gasteiger partial charge in [0.1, 0.15) is 5.52 Å². The average Bonchev–Trinajstić information content (AvgIpc) is 3.26. The molecule has 1 aromatic carbocycles. The number of hydrogen-bond donors (Lipinski definition) is 1. The first kappa shape index (κ1) is 20.9. The number of aromatic nitrogens is 4. The minimum absolute atomic E-state index is 0.0523. The summed E-state index contributed by atoms with van der Waals surface area (Å²) in [6.07, 6.45) is 7.82. The van der Waals surface area contributed by atoms with Crippen molar-refractivity contribution in [2.75, 3.05) is 11.7 Å². The van der Waals surface area contributed by atoms with Crippen molar-refractivity contribution in [1.29, 1.82) is 0 Å². The molecule has 0 aliphatic heterocycles. The lowest BCUT2D eigenvalue weighted by Gasteiger charge is -2.17. The molecule has 1 aliphatic carbocycles. The van der Waals surface area contributed by atoms with Crippen LogP contribution in [0.3, 0.4) is 0 Å². The van der Waals surface area contributed by atoms with E-state index in [4.69, 9.17) is 0 Å². The summed E-state index contributed by atoms with van der Waals surface area (Å²) in [7, 11) is -1.73. The van der Waals surface area contributed by atoms with Gasteiger partial charge in [0.25, 0.3) is 0 Å². The molecule has 2 heterocycles. The molecule has 1 aliphatic rings. The van der Waals surface area contributed by atoms with Crippen LogP contribution >= 0.6 is 0 Å². The molecule has 1 N–H and O–H groups in total. The highest BCUT2D eigenvalue weighted by Gasteiger charge is 2.23. The molecular formula is C20H22N6O4S. The van der Waals surface area contributed by atoms with Crippen LogP contribution in [0.15, 0.2) is 50.0 Å². The van der Waals surface area contributed by atoms with Crippen LogP contribution in [-0.4, -0.2) is 40.0 Å². The molecule has 0 radical (unpaired) electrons. The molecule has 0 unspecified atom stereocenters.